The van der Waals surface area contributed by atoms with E-state index in [2.05, 4.69) is 5.32 Å². The highest BCUT2D eigenvalue weighted by molar-refractivity contribution is 6.31. The smallest absolute Gasteiger partial charge is 0.269 e. The van der Waals surface area contributed by atoms with Crippen molar-refractivity contribution in [2.24, 2.45) is 5.92 Å². The number of aryl methyl sites for hydroxylation is 1. The number of nitro groups is 1. The van der Waals surface area contributed by atoms with Gasteiger partial charge >= 0.3 is 0 Å². The zero-order valence-electron chi connectivity index (χ0n) is 13.7. The lowest BCUT2D eigenvalue weighted by Crippen LogP contribution is -2.25. The number of nitrogens with one attached hydrogen (secondary N) is 1. The Balaban J connectivity index is 2.24. The van der Waals surface area contributed by atoms with Crippen LogP contribution >= 0.6 is 11.6 Å². The van der Waals surface area contributed by atoms with Crippen LogP contribution in [0.15, 0.2) is 42.5 Å². The van der Waals surface area contributed by atoms with E-state index in [1.54, 1.807) is 24.3 Å². The van der Waals surface area contributed by atoms with Gasteiger partial charge in [-0.25, -0.2) is 0 Å². The lowest BCUT2D eigenvalue weighted by Gasteiger charge is -2.21. The maximum absolute atomic E-state index is 12.7. The molecule has 2 aromatic carbocycles. The van der Waals surface area contributed by atoms with Crippen LogP contribution in [0.1, 0.15) is 30.9 Å². The summed E-state index contributed by atoms with van der Waals surface area (Å²) in [6.07, 6.45) is 0. The standard InChI is InChI=1S/C18H19ClN2O3/c1-11(2)17(13-5-8-15(9-6-13)21(23)24)18(22)20-14-7-4-12(3)16(19)10-14/h4-11,17H,1-3H3,(H,20,22). The molecule has 24 heavy (non-hydrogen) atoms. The molecular formula is C18H19ClN2O3. The summed E-state index contributed by atoms with van der Waals surface area (Å²) in [4.78, 5) is 23.0. The van der Waals surface area contributed by atoms with Crippen molar-refractivity contribution in [1.29, 1.82) is 0 Å². The SMILES string of the molecule is Cc1ccc(NC(=O)C(c2ccc([N+](=O)[O-])cc2)C(C)C)cc1Cl. The average molecular weight is 347 g/mol. The van der Waals surface area contributed by atoms with Gasteiger partial charge in [-0.1, -0.05) is 43.6 Å². The van der Waals surface area contributed by atoms with Crippen molar-refractivity contribution in [2.75, 3.05) is 5.32 Å². The van der Waals surface area contributed by atoms with Gasteiger partial charge < -0.3 is 5.32 Å². The van der Waals surface area contributed by atoms with Crippen LogP contribution in [0.4, 0.5) is 11.4 Å². The molecular weight excluding hydrogens is 328 g/mol. The maximum Gasteiger partial charge on any atom is 0.269 e. The number of hydrogen-bond donors (Lipinski definition) is 1. The molecule has 1 amide bonds. The Morgan fingerprint density at radius 1 is 1.17 bits per heavy atom. The van der Waals surface area contributed by atoms with Crippen molar-refractivity contribution in [3.05, 3.63) is 68.7 Å². The first-order valence-electron chi connectivity index (χ1n) is 7.61. The molecule has 0 aromatic heterocycles. The number of carbonyl (C=O) groups excluding carboxylic acids is 1. The molecule has 0 heterocycles. The van der Waals surface area contributed by atoms with Gasteiger partial charge in [0.25, 0.3) is 5.69 Å². The topological polar surface area (TPSA) is 72.2 Å². The van der Waals surface area contributed by atoms with Crippen LogP contribution in [-0.4, -0.2) is 10.8 Å². The maximum atomic E-state index is 12.7. The zero-order chi connectivity index (χ0) is 17.9. The van der Waals surface area contributed by atoms with E-state index in [-0.39, 0.29) is 17.5 Å². The molecule has 0 saturated carbocycles. The Hall–Kier alpha value is -2.40. The first-order chi connectivity index (χ1) is 11.3. The van der Waals surface area contributed by atoms with E-state index >= 15 is 0 Å². The highest BCUT2D eigenvalue weighted by atomic mass is 35.5. The minimum atomic E-state index is -0.456. The normalized spacial score (nSPS) is 12.0. The molecule has 2 rings (SSSR count). The van der Waals surface area contributed by atoms with E-state index in [1.807, 2.05) is 26.8 Å². The molecule has 6 heteroatoms. The summed E-state index contributed by atoms with van der Waals surface area (Å²) in [6.45, 7) is 5.77. The number of rotatable bonds is 5. The minimum Gasteiger partial charge on any atom is -0.326 e. The second-order valence-electron chi connectivity index (χ2n) is 6.02. The van der Waals surface area contributed by atoms with Gasteiger partial charge in [-0.15, -0.1) is 0 Å². The number of nitro benzene ring substituents is 1. The number of halogens is 1. The number of nitrogens with zero attached hydrogens (tertiary/aromatic N) is 1. The summed E-state index contributed by atoms with van der Waals surface area (Å²) in [5.41, 5.74) is 2.31. The predicted octanol–water partition coefficient (Wildman–Crippen LogP) is 4.93. The van der Waals surface area contributed by atoms with E-state index in [1.165, 1.54) is 12.1 Å². The van der Waals surface area contributed by atoms with Gasteiger partial charge in [0, 0.05) is 22.8 Å². The van der Waals surface area contributed by atoms with Gasteiger partial charge in [0.2, 0.25) is 5.91 Å². The lowest BCUT2D eigenvalue weighted by molar-refractivity contribution is -0.384. The van der Waals surface area contributed by atoms with Crippen LogP contribution in [0.5, 0.6) is 0 Å². The molecule has 126 valence electrons. The summed E-state index contributed by atoms with van der Waals surface area (Å²) in [6, 6.07) is 11.4. The number of amides is 1. The Morgan fingerprint density at radius 2 is 1.79 bits per heavy atom. The molecule has 1 unspecified atom stereocenters. The fourth-order valence-corrected chi connectivity index (χ4v) is 2.71. The molecule has 0 bridgehead atoms. The molecule has 1 atom stereocenters. The monoisotopic (exact) mass is 346 g/mol. The van der Waals surface area contributed by atoms with Crippen LogP contribution in [0.2, 0.25) is 5.02 Å². The minimum absolute atomic E-state index is 0.00646. The van der Waals surface area contributed by atoms with Gasteiger partial charge in [0.05, 0.1) is 10.8 Å². The van der Waals surface area contributed by atoms with E-state index in [4.69, 9.17) is 11.6 Å². The highest BCUT2D eigenvalue weighted by Gasteiger charge is 2.25. The summed E-state index contributed by atoms with van der Waals surface area (Å²) in [7, 11) is 0. The second-order valence-corrected chi connectivity index (χ2v) is 6.43. The highest BCUT2D eigenvalue weighted by Crippen LogP contribution is 2.28. The third-order valence-electron chi connectivity index (χ3n) is 3.85. The van der Waals surface area contributed by atoms with E-state index in [9.17, 15) is 14.9 Å². The van der Waals surface area contributed by atoms with Gasteiger partial charge in [-0.05, 0) is 36.1 Å². The van der Waals surface area contributed by atoms with E-state index < -0.39 is 10.8 Å². The fraction of sp³-hybridized carbons (Fsp3) is 0.278. The average Bonchev–Trinajstić information content (AvgIpc) is 2.51. The molecule has 5 nitrogen and oxygen atoms in total. The lowest BCUT2D eigenvalue weighted by atomic mass is 9.87. The number of hydrogen-bond acceptors (Lipinski definition) is 3. The Bertz CT molecular complexity index is 757. The van der Waals surface area contributed by atoms with Crippen molar-refractivity contribution in [2.45, 2.75) is 26.7 Å². The van der Waals surface area contributed by atoms with E-state index in [0.29, 0.717) is 10.7 Å². The van der Waals surface area contributed by atoms with Crippen molar-refractivity contribution in [3.63, 3.8) is 0 Å². The van der Waals surface area contributed by atoms with Crippen molar-refractivity contribution < 1.29 is 9.72 Å². The Kier molecular flexibility index (Phi) is 5.57. The zero-order valence-corrected chi connectivity index (χ0v) is 14.5. The first-order valence-corrected chi connectivity index (χ1v) is 7.98. The third-order valence-corrected chi connectivity index (χ3v) is 4.26. The largest absolute Gasteiger partial charge is 0.326 e. The Labute approximate surface area is 145 Å². The number of non-ortho nitro benzene ring substituents is 1. The van der Waals surface area contributed by atoms with Crippen LogP contribution < -0.4 is 5.32 Å². The fourth-order valence-electron chi connectivity index (χ4n) is 2.53. The van der Waals surface area contributed by atoms with Crippen molar-refractivity contribution in [1.82, 2.24) is 0 Å². The molecule has 2 aromatic rings. The van der Waals surface area contributed by atoms with Crippen LogP contribution in [0.3, 0.4) is 0 Å². The molecule has 0 aliphatic rings. The first kappa shape index (κ1) is 17.9. The molecule has 0 aliphatic carbocycles. The second kappa shape index (κ2) is 7.45. The van der Waals surface area contributed by atoms with Crippen LogP contribution in [0.25, 0.3) is 0 Å². The van der Waals surface area contributed by atoms with Crippen molar-refractivity contribution >= 4 is 28.9 Å². The Morgan fingerprint density at radius 3 is 2.29 bits per heavy atom. The van der Waals surface area contributed by atoms with Crippen molar-refractivity contribution in [3.8, 4) is 0 Å². The number of anilines is 1. The van der Waals surface area contributed by atoms with Crippen LogP contribution in [0, 0.1) is 23.0 Å². The summed E-state index contributed by atoms with van der Waals surface area (Å²) < 4.78 is 0. The summed E-state index contributed by atoms with van der Waals surface area (Å²) in [5, 5.41) is 14.2. The van der Waals surface area contributed by atoms with E-state index in [0.717, 1.165) is 11.1 Å². The summed E-state index contributed by atoms with van der Waals surface area (Å²) in [5.74, 6) is -0.544. The molecule has 1 N–H and O–H groups in total. The number of carbonyl (C=O) groups is 1. The molecule has 0 radical (unpaired) electrons. The third kappa shape index (κ3) is 4.11. The summed E-state index contributed by atoms with van der Waals surface area (Å²) >= 11 is 6.09. The van der Waals surface area contributed by atoms with Gasteiger partial charge in [-0.3, -0.25) is 14.9 Å². The molecule has 0 fully saturated rings. The predicted molar refractivity (Wildman–Crippen MR) is 95.5 cm³/mol. The molecule has 0 spiro atoms. The molecule has 0 saturated heterocycles. The number of benzene rings is 2. The quantitative estimate of drug-likeness (QED) is 0.616. The van der Waals surface area contributed by atoms with Gasteiger partial charge in [0.15, 0.2) is 0 Å². The molecule has 0 aliphatic heterocycles. The van der Waals surface area contributed by atoms with Gasteiger partial charge in [0.1, 0.15) is 0 Å². The van der Waals surface area contributed by atoms with Crippen LogP contribution in [-0.2, 0) is 4.79 Å². The van der Waals surface area contributed by atoms with Gasteiger partial charge in [-0.2, -0.15) is 0 Å².